The Morgan fingerprint density at radius 2 is 1.89 bits per heavy atom. The van der Waals surface area contributed by atoms with Crippen LogP contribution in [0.5, 0.6) is 5.88 Å². The molecule has 2 N–H and O–H groups in total. The molecule has 1 aromatic carbocycles. The highest BCUT2D eigenvalue weighted by Crippen LogP contribution is 2.33. The minimum atomic E-state index is -0.377. The van der Waals surface area contributed by atoms with Gasteiger partial charge in [-0.2, -0.15) is 0 Å². The molecule has 0 aliphatic carbocycles. The molecule has 0 radical (unpaired) electrons. The first-order valence-electron chi connectivity index (χ1n) is 12.7. The van der Waals surface area contributed by atoms with Gasteiger partial charge >= 0.3 is 0 Å². The number of piperidine rings is 1. The largest absolute Gasteiger partial charge is 0.481 e. The van der Waals surface area contributed by atoms with Gasteiger partial charge in [-0.25, -0.2) is 14.4 Å². The second-order valence-corrected chi connectivity index (χ2v) is 9.60. The molecule has 8 heteroatoms. The topological polar surface area (TPSA) is 83.4 Å². The van der Waals surface area contributed by atoms with Crippen molar-refractivity contribution in [3.8, 4) is 17.0 Å². The van der Waals surface area contributed by atoms with Crippen LogP contribution in [-0.4, -0.2) is 58.3 Å². The van der Waals surface area contributed by atoms with E-state index in [9.17, 15) is 9.50 Å². The van der Waals surface area contributed by atoms with Gasteiger partial charge < -0.3 is 20.1 Å². The molecule has 192 valence electrons. The van der Waals surface area contributed by atoms with E-state index in [4.69, 9.17) is 9.72 Å². The first-order chi connectivity index (χ1) is 18.0. The molecule has 7 nitrogen and oxygen atoms in total. The molecule has 0 saturated carbocycles. The van der Waals surface area contributed by atoms with Crippen molar-refractivity contribution in [2.75, 3.05) is 38.7 Å². The molecule has 0 amide bonds. The number of nitrogens with zero attached hydrogens (tertiary/aromatic N) is 4. The Bertz CT molecular complexity index is 1370. The fourth-order valence-corrected chi connectivity index (χ4v) is 5.05. The van der Waals surface area contributed by atoms with Crippen LogP contribution in [0.1, 0.15) is 31.4 Å². The Balaban J connectivity index is 1.32. The number of nitrogens with one attached hydrogen (secondary N) is 1. The standard InChI is InChI=1S/C29H32FN5O2/c1-19(20-8-11-35(12-9-20)13-14-36)25-5-4-23-18-32-28(17-27(23)33-25)34-26-6-3-21(15-24(26)30)22-7-10-31-29(16-22)37-2/h3-7,10,15-20,36H,8-9,11-14H2,1-2H3,(H,32,34)/t19-/m1/s1. The summed E-state index contributed by atoms with van der Waals surface area (Å²) in [4.78, 5) is 15.8. The third-order valence-electron chi connectivity index (χ3n) is 7.33. The molecule has 0 spiro atoms. The van der Waals surface area contributed by atoms with E-state index in [0.29, 0.717) is 29.2 Å². The van der Waals surface area contributed by atoms with Crippen molar-refractivity contribution < 1.29 is 14.2 Å². The van der Waals surface area contributed by atoms with Gasteiger partial charge in [0.05, 0.1) is 24.9 Å². The predicted molar refractivity (Wildman–Crippen MR) is 144 cm³/mol. The molecular formula is C29H32FN5O2. The van der Waals surface area contributed by atoms with Crippen LogP contribution in [0.3, 0.4) is 0 Å². The summed E-state index contributed by atoms with van der Waals surface area (Å²) in [6, 6.07) is 14.7. The number of likely N-dealkylation sites (tertiary alicyclic amines) is 1. The number of methoxy groups -OCH3 is 1. The summed E-state index contributed by atoms with van der Waals surface area (Å²) in [5, 5.41) is 13.2. The van der Waals surface area contributed by atoms with E-state index in [2.05, 4.69) is 39.2 Å². The van der Waals surface area contributed by atoms with Crippen molar-refractivity contribution in [1.82, 2.24) is 19.9 Å². The number of β-amino-alcohol motifs (C(OH)–C–C–N with tert-alkyl or cyclic N) is 1. The fourth-order valence-electron chi connectivity index (χ4n) is 5.05. The number of rotatable bonds is 8. The minimum absolute atomic E-state index is 0.213. The molecule has 3 aromatic heterocycles. The second-order valence-electron chi connectivity index (χ2n) is 9.60. The van der Waals surface area contributed by atoms with Gasteiger partial charge in [-0.1, -0.05) is 13.0 Å². The van der Waals surface area contributed by atoms with Crippen molar-refractivity contribution in [1.29, 1.82) is 0 Å². The zero-order chi connectivity index (χ0) is 25.8. The van der Waals surface area contributed by atoms with Crippen LogP contribution in [0.4, 0.5) is 15.9 Å². The number of halogens is 1. The predicted octanol–water partition coefficient (Wildman–Crippen LogP) is 5.39. The smallest absolute Gasteiger partial charge is 0.213 e. The molecule has 5 rings (SSSR count). The first-order valence-corrected chi connectivity index (χ1v) is 12.7. The Hall–Kier alpha value is -3.62. The number of pyridine rings is 3. The summed E-state index contributed by atoms with van der Waals surface area (Å²) in [7, 11) is 1.55. The van der Waals surface area contributed by atoms with Crippen LogP contribution >= 0.6 is 0 Å². The third-order valence-corrected chi connectivity index (χ3v) is 7.33. The Morgan fingerprint density at radius 1 is 1.08 bits per heavy atom. The lowest BCUT2D eigenvalue weighted by Gasteiger charge is -2.34. The van der Waals surface area contributed by atoms with Crippen LogP contribution < -0.4 is 10.1 Å². The van der Waals surface area contributed by atoms with Crippen molar-refractivity contribution in [3.05, 3.63) is 72.4 Å². The zero-order valence-corrected chi connectivity index (χ0v) is 21.2. The lowest BCUT2D eigenvalue weighted by molar-refractivity contribution is 0.139. The lowest BCUT2D eigenvalue weighted by atomic mass is 9.83. The first kappa shape index (κ1) is 25.0. The number of hydrogen-bond donors (Lipinski definition) is 2. The van der Waals surface area contributed by atoms with Gasteiger partial charge in [-0.15, -0.1) is 0 Å². The van der Waals surface area contributed by atoms with E-state index in [0.717, 1.165) is 60.2 Å². The maximum Gasteiger partial charge on any atom is 0.213 e. The Morgan fingerprint density at radius 3 is 2.65 bits per heavy atom. The number of ether oxygens (including phenoxy) is 1. The van der Waals surface area contributed by atoms with E-state index >= 15 is 0 Å². The molecule has 1 aliphatic rings. The van der Waals surface area contributed by atoms with Gasteiger partial charge in [0.1, 0.15) is 11.6 Å². The van der Waals surface area contributed by atoms with Crippen LogP contribution in [0.15, 0.2) is 60.9 Å². The molecule has 37 heavy (non-hydrogen) atoms. The van der Waals surface area contributed by atoms with E-state index in [1.165, 1.54) is 6.07 Å². The number of fused-ring (bicyclic) bond motifs is 1. The summed E-state index contributed by atoms with van der Waals surface area (Å²) in [5.41, 5.74) is 3.80. The number of aromatic nitrogens is 3. The highest BCUT2D eigenvalue weighted by atomic mass is 19.1. The summed E-state index contributed by atoms with van der Waals surface area (Å²) in [5.74, 6) is 1.54. The average Bonchev–Trinajstić information content (AvgIpc) is 2.94. The van der Waals surface area contributed by atoms with Gasteiger partial charge in [-0.3, -0.25) is 4.98 Å². The Kier molecular flexibility index (Phi) is 7.58. The number of benzene rings is 1. The van der Waals surface area contributed by atoms with Gasteiger partial charge in [0, 0.05) is 48.1 Å². The van der Waals surface area contributed by atoms with Crippen LogP contribution in [0.2, 0.25) is 0 Å². The van der Waals surface area contributed by atoms with E-state index < -0.39 is 0 Å². The normalized spacial score (nSPS) is 15.6. The molecule has 4 heterocycles. The van der Waals surface area contributed by atoms with E-state index in [1.54, 1.807) is 31.6 Å². The molecule has 1 aliphatic heterocycles. The highest BCUT2D eigenvalue weighted by Gasteiger charge is 2.25. The fraction of sp³-hybridized carbons (Fsp3) is 0.345. The monoisotopic (exact) mass is 501 g/mol. The third kappa shape index (κ3) is 5.70. The van der Waals surface area contributed by atoms with Gasteiger partial charge in [0.15, 0.2) is 0 Å². The van der Waals surface area contributed by atoms with Gasteiger partial charge in [0.2, 0.25) is 5.88 Å². The van der Waals surface area contributed by atoms with Gasteiger partial charge in [-0.05, 0) is 73.3 Å². The van der Waals surface area contributed by atoms with Crippen molar-refractivity contribution in [2.45, 2.75) is 25.7 Å². The molecule has 1 fully saturated rings. The Labute approximate surface area is 216 Å². The average molecular weight is 502 g/mol. The van der Waals surface area contributed by atoms with Crippen molar-refractivity contribution in [2.24, 2.45) is 5.92 Å². The minimum Gasteiger partial charge on any atom is -0.481 e. The number of aliphatic hydroxyl groups is 1. The maximum absolute atomic E-state index is 15.0. The molecular weight excluding hydrogens is 469 g/mol. The number of hydrogen-bond acceptors (Lipinski definition) is 7. The lowest BCUT2D eigenvalue weighted by Crippen LogP contribution is -2.37. The summed E-state index contributed by atoms with van der Waals surface area (Å²) in [6.07, 6.45) is 5.61. The summed E-state index contributed by atoms with van der Waals surface area (Å²) in [6.45, 7) is 5.24. The number of anilines is 2. The summed E-state index contributed by atoms with van der Waals surface area (Å²) < 4.78 is 20.2. The van der Waals surface area contributed by atoms with Crippen LogP contribution in [-0.2, 0) is 0 Å². The van der Waals surface area contributed by atoms with Crippen molar-refractivity contribution in [3.63, 3.8) is 0 Å². The van der Waals surface area contributed by atoms with Crippen LogP contribution in [0.25, 0.3) is 22.0 Å². The zero-order valence-electron chi connectivity index (χ0n) is 21.2. The molecule has 0 bridgehead atoms. The van der Waals surface area contributed by atoms with E-state index in [-0.39, 0.29) is 12.4 Å². The molecule has 1 atom stereocenters. The van der Waals surface area contributed by atoms with Crippen LogP contribution in [0, 0.1) is 11.7 Å². The van der Waals surface area contributed by atoms with E-state index in [1.807, 2.05) is 18.2 Å². The quantitative estimate of drug-likeness (QED) is 0.335. The number of aliphatic hydroxyl groups excluding tert-OH is 1. The maximum atomic E-state index is 15.0. The second kappa shape index (κ2) is 11.2. The molecule has 0 unspecified atom stereocenters. The molecule has 4 aromatic rings. The molecule has 1 saturated heterocycles. The van der Waals surface area contributed by atoms with Gasteiger partial charge in [0.25, 0.3) is 0 Å². The summed E-state index contributed by atoms with van der Waals surface area (Å²) >= 11 is 0. The van der Waals surface area contributed by atoms with Crippen molar-refractivity contribution >= 4 is 22.4 Å². The SMILES string of the molecule is COc1cc(-c2ccc(Nc3cc4nc([C@H](C)C5CCN(CCO)CC5)ccc4cn3)c(F)c2)ccn1. The highest BCUT2D eigenvalue weighted by molar-refractivity contribution is 5.81.